The predicted octanol–water partition coefficient (Wildman–Crippen LogP) is 3.97. The lowest BCUT2D eigenvalue weighted by Crippen LogP contribution is -2.23. The average molecular weight is 389 g/mol. The van der Waals surface area contributed by atoms with E-state index in [-0.39, 0.29) is 12.3 Å². The number of hydrogen-bond donors (Lipinski definition) is 1. The number of benzene rings is 2. The Bertz CT molecular complexity index is 821. The topological polar surface area (TPSA) is 64.6 Å². The zero-order valence-electron chi connectivity index (χ0n) is 13.9. The third-order valence-electron chi connectivity index (χ3n) is 3.33. The number of rotatable bonds is 8. The lowest BCUT2D eigenvalue weighted by Gasteiger charge is -2.15. The zero-order valence-corrected chi connectivity index (χ0v) is 14.7. The molecule has 0 aliphatic rings. The highest BCUT2D eigenvalue weighted by Crippen LogP contribution is 2.30. The van der Waals surface area contributed by atoms with Gasteiger partial charge in [0.1, 0.15) is 18.1 Å². The molecule has 1 N–H and O–H groups in total. The lowest BCUT2D eigenvalue weighted by molar-refractivity contribution is -0.274. The van der Waals surface area contributed by atoms with Crippen molar-refractivity contribution in [3.05, 3.63) is 54.1 Å². The molecule has 0 radical (unpaired) electrons. The molecular weight excluding hydrogens is 371 g/mol. The number of anilines is 1. The van der Waals surface area contributed by atoms with Crippen LogP contribution in [0, 0.1) is 0 Å². The second-order valence-corrected chi connectivity index (χ2v) is 7.15. The SMILES string of the molecule is CCc1ccc(OCCS(=O)(=O)Nc2ccccc2OC(F)(F)F)cc1. The Morgan fingerprint density at radius 2 is 1.69 bits per heavy atom. The van der Waals surface area contributed by atoms with Crippen LogP contribution in [0.5, 0.6) is 11.5 Å². The lowest BCUT2D eigenvalue weighted by atomic mass is 10.2. The summed E-state index contributed by atoms with van der Waals surface area (Å²) in [5.41, 5.74) is 0.824. The third-order valence-corrected chi connectivity index (χ3v) is 4.57. The zero-order chi connectivity index (χ0) is 19.2. The first-order valence-corrected chi connectivity index (χ1v) is 9.41. The molecule has 0 fully saturated rings. The molecule has 2 aromatic carbocycles. The van der Waals surface area contributed by atoms with Gasteiger partial charge in [-0.3, -0.25) is 4.72 Å². The number of alkyl halides is 3. The van der Waals surface area contributed by atoms with Gasteiger partial charge in [-0.1, -0.05) is 31.2 Å². The highest BCUT2D eigenvalue weighted by atomic mass is 32.2. The highest BCUT2D eigenvalue weighted by Gasteiger charge is 2.32. The van der Waals surface area contributed by atoms with Crippen molar-refractivity contribution in [3.8, 4) is 11.5 Å². The van der Waals surface area contributed by atoms with Gasteiger partial charge < -0.3 is 9.47 Å². The Hall–Kier alpha value is -2.42. The van der Waals surface area contributed by atoms with Gasteiger partial charge in [0.2, 0.25) is 10.0 Å². The summed E-state index contributed by atoms with van der Waals surface area (Å²) in [5, 5.41) is 0. The predicted molar refractivity (Wildman–Crippen MR) is 91.8 cm³/mol. The number of halogens is 3. The van der Waals surface area contributed by atoms with Crippen molar-refractivity contribution in [1.82, 2.24) is 0 Å². The minimum atomic E-state index is -4.92. The van der Waals surface area contributed by atoms with Crippen LogP contribution in [0.15, 0.2) is 48.5 Å². The van der Waals surface area contributed by atoms with Crippen LogP contribution in [0.1, 0.15) is 12.5 Å². The molecule has 5 nitrogen and oxygen atoms in total. The number of hydrogen-bond acceptors (Lipinski definition) is 4. The van der Waals surface area contributed by atoms with Crippen molar-refractivity contribution in [3.63, 3.8) is 0 Å². The molecule has 0 aliphatic carbocycles. The maximum Gasteiger partial charge on any atom is 0.573 e. The summed E-state index contributed by atoms with van der Waals surface area (Å²) in [6, 6.07) is 12.1. The molecule has 0 amide bonds. The molecule has 0 aromatic heterocycles. The largest absolute Gasteiger partial charge is 0.573 e. The standard InChI is InChI=1S/C17H18F3NO4S/c1-2-13-7-9-14(10-8-13)24-11-12-26(22,23)21-15-5-3-4-6-16(15)25-17(18,19)20/h3-10,21H,2,11-12H2,1H3. The van der Waals surface area contributed by atoms with Crippen LogP contribution in [0.4, 0.5) is 18.9 Å². The molecule has 0 heterocycles. The molecule has 2 rings (SSSR count). The first kappa shape index (κ1) is 19.9. The van der Waals surface area contributed by atoms with Crippen molar-refractivity contribution in [2.45, 2.75) is 19.7 Å². The maximum absolute atomic E-state index is 12.4. The summed E-state index contributed by atoms with van der Waals surface area (Å²) in [6.45, 7) is 1.86. The Morgan fingerprint density at radius 3 is 2.31 bits per heavy atom. The van der Waals surface area contributed by atoms with Crippen LogP contribution in [0.2, 0.25) is 0 Å². The van der Waals surface area contributed by atoms with E-state index in [0.717, 1.165) is 18.1 Å². The van der Waals surface area contributed by atoms with Gasteiger partial charge in [0.25, 0.3) is 0 Å². The van der Waals surface area contributed by atoms with Gasteiger partial charge in [-0.2, -0.15) is 0 Å². The van der Waals surface area contributed by atoms with Gasteiger partial charge in [0.05, 0.1) is 5.69 Å². The molecule has 0 unspecified atom stereocenters. The molecule has 0 aliphatic heterocycles. The third kappa shape index (κ3) is 6.47. The van der Waals surface area contributed by atoms with E-state index >= 15 is 0 Å². The fraction of sp³-hybridized carbons (Fsp3) is 0.294. The Balaban J connectivity index is 1.96. The molecule has 26 heavy (non-hydrogen) atoms. The Morgan fingerprint density at radius 1 is 1.04 bits per heavy atom. The van der Waals surface area contributed by atoms with Gasteiger partial charge in [-0.05, 0) is 36.2 Å². The van der Waals surface area contributed by atoms with E-state index in [1.54, 1.807) is 12.1 Å². The monoisotopic (exact) mass is 389 g/mol. The average Bonchev–Trinajstić information content (AvgIpc) is 2.55. The molecule has 9 heteroatoms. The molecular formula is C17H18F3NO4S. The van der Waals surface area contributed by atoms with E-state index in [1.165, 1.54) is 18.2 Å². The number of nitrogens with one attached hydrogen (secondary N) is 1. The quantitative estimate of drug-likeness (QED) is 0.742. The van der Waals surface area contributed by atoms with E-state index in [2.05, 4.69) is 9.46 Å². The van der Waals surface area contributed by atoms with Crippen molar-refractivity contribution < 1.29 is 31.1 Å². The fourth-order valence-corrected chi connectivity index (χ4v) is 2.98. The van der Waals surface area contributed by atoms with Crippen LogP contribution in [-0.2, 0) is 16.4 Å². The van der Waals surface area contributed by atoms with E-state index in [9.17, 15) is 21.6 Å². The van der Waals surface area contributed by atoms with Gasteiger partial charge in [-0.15, -0.1) is 13.2 Å². The van der Waals surface area contributed by atoms with Gasteiger partial charge in [0.15, 0.2) is 5.75 Å². The van der Waals surface area contributed by atoms with Crippen LogP contribution < -0.4 is 14.2 Å². The van der Waals surface area contributed by atoms with Gasteiger partial charge >= 0.3 is 6.36 Å². The number of aryl methyl sites for hydroxylation is 1. The van der Waals surface area contributed by atoms with Crippen molar-refractivity contribution in [2.24, 2.45) is 0 Å². The second kappa shape index (κ2) is 8.31. The van der Waals surface area contributed by atoms with E-state index in [4.69, 9.17) is 4.74 Å². The smallest absolute Gasteiger partial charge is 0.492 e. The first-order chi connectivity index (χ1) is 12.2. The molecule has 2 aromatic rings. The molecule has 0 saturated carbocycles. The Kier molecular flexibility index (Phi) is 6.36. The molecule has 0 bridgehead atoms. The number of ether oxygens (including phenoxy) is 2. The summed E-state index contributed by atoms with van der Waals surface area (Å²) in [5.74, 6) is -0.541. The van der Waals surface area contributed by atoms with Crippen LogP contribution >= 0.6 is 0 Å². The van der Waals surface area contributed by atoms with Crippen LogP contribution in [0.25, 0.3) is 0 Å². The summed E-state index contributed by atoms with van der Waals surface area (Å²) >= 11 is 0. The second-order valence-electron chi connectivity index (χ2n) is 5.31. The van der Waals surface area contributed by atoms with Crippen molar-refractivity contribution in [1.29, 1.82) is 0 Å². The van der Waals surface area contributed by atoms with Crippen LogP contribution in [-0.4, -0.2) is 27.1 Å². The van der Waals surface area contributed by atoms with E-state index in [1.807, 2.05) is 19.1 Å². The molecule has 0 saturated heterocycles. The van der Waals surface area contributed by atoms with Crippen molar-refractivity contribution >= 4 is 15.7 Å². The summed E-state index contributed by atoms with van der Waals surface area (Å²) in [4.78, 5) is 0. The van der Waals surface area contributed by atoms with E-state index < -0.39 is 27.9 Å². The summed E-state index contributed by atoms with van der Waals surface area (Å²) in [6.07, 6.45) is -4.05. The molecule has 142 valence electrons. The fourth-order valence-electron chi connectivity index (χ4n) is 2.07. The summed E-state index contributed by atoms with van der Waals surface area (Å²) < 4.78 is 72.6. The van der Waals surface area contributed by atoms with Gasteiger partial charge in [0, 0.05) is 0 Å². The molecule has 0 spiro atoms. The molecule has 0 atom stereocenters. The number of para-hydroxylation sites is 2. The highest BCUT2D eigenvalue weighted by molar-refractivity contribution is 7.92. The van der Waals surface area contributed by atoms with Gasteiger partial charge in [-0.25, -0.2) is 8.42 Å². The minimum Gasteiger partial charge on any atom is -0.492 e. The first-order valence-electron chi connectivity index (χ1n) is 7.75. The Labute approximate surface area is 149 Å². The minimum absolute atomic E-state index is 0.150. The number of sulfonamides is 1. The van der Waals surface area contributed by atoms with Crippen molar-refractivity contribution in [2.75, 3.05) is 17.1 Å². The maximum atomic E-state index is 12.4. The van der Waals surface area contributed by atoms with Crippen LogP contribution in [0.3, 0.4) is 0 Å². The van der Waals surface area contributed by atoms with E-state index in [0.29, 0.717) is 5.75 Å². The summed E-state index contributed by atoms with van der Waals surface area (Å²) in [7, 11) is -3.92. The normalized spacial score (nSPS) is 11.8.